The van der Waals surface area contributed by atoms with Crippen molar-refractivity contribution in [1.29, 1.82) is 0 Å². The molecular weight excluding hydrogens is 254 g/mol. The predicted molar refractivity (Wildman–Crippen MR) is 79.6 cm³/mol. The minimum absolute atomic E-state index is 0.00912. The van der Waals surface area contributed by atoms with E-state index in [0.29, 0.717) is 6.42 Å². The van der Waals surface area contributed by atoms with Gasteiger partial charge in [0.05, 0.1) is 6.04 Å². The van der Waals surface area contributed by atoms with Crippen molar-refractivity contribution >= 4 is 11.9 Å². The highest BCUT2D eigenvalue weighted by Gasteiger charge is 2.32. The highest BCUT2D eigenvalue weighted by molar-refractivity contribution is 5.87. The molecule has 1 amide bonds. The van der Waals surface area contributed by atoms with Crippen LogP contribution in [0.25, 0.3) is 0 Å². The van der Waals surface area contributed by atoms with Crippen LogP contribution >= 0.6 is 0 Å². The van der Waals surface area contributed by atoms with Gasteiger partial charge in [-0.2, -0.15) is 0 Å². The second-order valence-electron chi connectivity index (χ2n) is 6.78. The number of alkyl carbamates (subject to hydrolysis) is 1. The van der Waals surface area contributed by atoms with Gasteiger partial charge in [-0.15, -0.1) is 0 Å². The molecule has 0 saturated heterocycles. The Balaban J connectivity index is 2.55. The van der Waals surface area contributed by atoms with Crippen LogP contribution in [0.15, 0.2) is 0 Å². The molecule has 4 heteroatoms. The maximum absolute atomic E-state index is 12.0. The number of Topliss-reactive ketones (excluding diaryl/α,β-unsaturated/α-hetero) is 1. The molecule has 0 heterocycles. The fourth-order valence-corrected chi connectivity index (χ4v) is 2.65. The number of nitrogens with one attached hydrogen (secondary N) is 1. The van der Waals surface area contributed by atoms with Gasteiger partial charge in [0.1, 0.15) is 6.10 Å². The molecule has 0 radical (unpaired) electrons. The van der Waals surface area contributed by atoms with E-state index in [9.17, 15) is 9.59 Å². The van der Waals surface area contributed by atoms with Gasteiger partial charge in [-0.1, -0.05) is 40.5 Å². The molecule has 0 aromatic heterocycles. The lowest BCUT2D eigenvalue weighted by Crippen LogP contribution is -2.49. The summed E-state index contributed by atoms with van der Waals surface area (Å²) in [4.78, 5) is 24.0. The smallest absolute Gasteiger partial charge is 0.408 e. The Morgan fingerprint density at radius 2 is 1.70 bits per heavy atom. The molecule has 1 rings (SSSR count). The highest BCUT2D eigenvalue weighted by Crippen LogP contribution is 2.23. The number of hydrogen-bond acceptors (Lipinski definition) is 3. The highest BCUT2D eigenvalue weighted by atomic mass is 16.6. The summed E-state index contributed by atoms with van der Waals surface area (Å²) >= 11 is 0. The van der Waals surface area contributed by atoms with Gasteiger partial charge in [0, 0.05) is 6.42 Å². The van der Waals surface area contributed by atoms with Gasteiger partial charge in [-0.3, -0.25) is 4.79 Å². The maximum Gasteiger partial charge on any atom is 0.408 e. The van der Waals surface area contributed by atoms with E-state index in [4.69, 9.17) is 4.74 Å². The first-order valence-electron chi connectivity index (χ1n) is 7.84. The molecule has 1 fully saturated rings. The first-order chi connectivity index (χ1) is 9.34. The van der Waals surface area contributed by atoms with Gasteiger partial charge in [-0.25, -0.2) is 4.79 Å². The summed E-state index contributed by atoms with van der Waals surface area (Å²) in [7, 11) is 0. The van der Waals surface area contributed by atoms with E-state index >= 15 is 0 Å². The number of carbonyl (C=O) groups is 2. The van der Waals surface area contributed by atoms with Crippen molar-refractivity contribution in [3.8, 4) is 0 Å². The van der Waals surface area contributed by atoms with Crippen LogP contribution in [0, 0.1) is 5.41 Å². The Morgan fingerprint density at radius 1 is 1.15 bits per heavy atom. The summed E-state index contributed by atoms with van der Waals surface area (Å²) in [6, 6.07) is -0.481. The van der Waals surface area contributed by atoms with Crippen molar-refractivity contribution in [1.82, 2.24) is 5.32 Å². The van der Waals surface area contributed by atoms with E-state index < -0.39 is 12.1 Å². The second kappa shape index (κ2) is 7.65. The van der Waals surface area contributed by atoms with Crippen LogP contribution in [0.4, 0.5) is 4.79 Å². The predicted octanol–water partition coefficient (Wildman–Crippen LogP) is 3.83. The average Bonchev–Trinajstić information content (AvgIpc) is 2.62. The first kappa shape index (κ1) is 17.0. The Bertz CT molecular complexity index is 325. The Kier molecular flexibility index (Phi) is 6.50. The molecular formula is C16H29NO3. The lowest BCUT2D eigenvalue weighted by molar-refractivity contribution is -0.123. The van der Waals surface area contributed by atoms with Crippen LogP contribution in [0.3, 0.4) is 0 Å². The standard InChI is InChI=1S/C16H29NO3/c1-5-13(18)14(16(2,3)4)17-15(19)20-12-10-8-6-7-9-11-12/h12,14H,5-11H2,1-4H3,(H,17,19)/t14-/m1/s1. The van der Waals surface area contributed by atoms with Crippen molar-refractivity contribution in [2.24, 2.45) is 5.41 Å². The number of ether oxygens (including phenoxy) is 1. The molecule has 0 aromatic carbocycles. The van der Waals surface area contributed by atoms with Crippen molar-refractivity contribution in [2.45, 2.75) is 84.8 Å². The summed E-state index contributed by atoms with van der Waals surface area (Å²) in [5.41, 5.74) is -0.296. The molecule has 1 N–H and O–H groups in total. The fraction of sp³-hybridized carbons (Fsp3) is 0.875. The van der Waals surface area contributed by atoms with Gasteiger partial charge in [0.15, 0.2) is 5.78 Å². The van der Waals surface area contributed by atoms with E-state index in [-0.39, 0.29) is 17.3 Å². The molecule has 0 aliphatic heterocycles. The number of ketones is 1. The molecule has 1 saturated carbocycles. The zero-order valence-corrected chi connectivity index (χ0v) is 13.3. The van der Waals surface area contributed by atoms with Crippen LogP contribution in [-0.2, 0) is 9.53 Å². The summed E-state index contributed by atoms with van der Waals surface area (Å²) in [6.07, 6.45) is 6.55. The number of carbonyl (C=O) groups excluding carboxylic acids is 2. The van der Waals surface area contributed by atoms with Crippen LogP contribution in [-0.4, -0.2) is 24.0 Å². The zero-order chi connectivity index (χ0) is 15.2. The van der Waals surface area contributed by atoms with Gasteiger partial charge < -0.3 is 10.1 Å². The largest absolute Gasteiger partial charge is 0.446 e. The third-order valence-electron chi connectivity index (χ3n) is 3.87. The van der Waals surface area contributed by atoms with Crippen LogP contribution in [0.5, 0.6) is 0 Å². The SMILES string of the molecule is CCC(=O)[C@@H](NC(=O)OC1CCCCCC1)C(C)(C)C. The Labute approximate surface area is 122 Å². The summed E-state index contributed by atoms with van der Waals surface area (Å²) in [5.74, 6) is 0.0512. The molecule has 0 spiro atoms. The molecule has 20 heavy (non-hydrogen) atoms. The van der Waals surface area contributed by atoms with Crippen molar-refractivity contribution in [3.63, 3.8) is 0 Å². The molecule has 4 nitrogen and oxygen atoms in total. The zero-order valence-electron chi connectivity index (χ0n) is 13.3. The van der Waals surface area contributed by atoms with Gasteiger partial charge in [0.25, 0.3) is 0 Å². The van der Waals surface area contributed by atoms with Crippen molar-refractivity contribution in [3.05, 3.63) is 0 Å². The lowest BCUT2D eigenvalue weighted by atomic mass is 9.83. The Hall–Kier alpha value is -1.06. The number of rotatable bonds is 4. The molecule has 1 atom stereocenters. The van der Waals surface area contributed by atoms with E-state index in [2.05, 4.69) is 5.32 Å². The van der Waals surface area contributed by atoms with E-state index in [0.717, 1.165) is 25.7 Å². The van der Waals surface area contributed by atoms with Crippen molar-refractivity contribution < 1.29 is 14.3 Å². The molecule has 1 aliphatic rings. The first-order valence-corrected chi connectivity index (χ1v) is 7.84. The van der Waals surface area contributed by atoms with Gasteiger partial charge >= 0.3 is 6.09 Å². The maximum atomic E-state index is 12.0. The lowest BCUT2D eigenvalue weighted by Gasteiger charge is -2.30. The average molecular weight is 283 g/mol. The summed E-state index contributed by atoms with van der Waals surface area (Å²) in [5, 5.41) is 2.76. The van der Waals surface area contributed by atoms with Crippen molar-refractivity contribution in [2.75, 3.05) is 0 Å². The van der Waals surface area contributed by atoms with E-state index in [1.807, 2.05) is 27.7 Å². The normalized spacial score (nSPS) is 19.0. The van der Waals surface area contributed by atoms with Crippen LogP contribution in [0.1, 0.15) is 72.6 Å². The van der Waals surface area contributed by atoms with E-state index in [1.54, 1.807) is 0 Å². The quantitative estimate of drug-likeness (QED) is 0.798. The molecule has 116 valence electrons. The number of hydrogen-bond donors (Lipinski definition) is 1. The minimum Gasteiger partial charge on any atom is -0.446 e. The second-order valence-corrected chi connectivity index (χ2v) is 6.78. The van der Waals surface area contributed by atoms with Crippen LogP contribution < -0.4 is 5.32 Å². The van der Waals surface area contributed by atoms with Gasteiger partial charge in [-0.05, 0) is 31.1 Å². The number of amides is 1. The minimum atomic E-state index is -0.481. The Morgan fingerprint density at radius 3 is 2.15 bits per heavy atom. The topological polar surface area (TPSA) is 55.4 Å². The fourth-order valence-electron chi connectivity index (χ4n) is 2.65. The summed E-state index contributed by atoms with van der Waals surface area (Å²) in [6.45, 7) is 7.69. The third kappa shape index (κ3) is 5.51. The summed E-state index contributed by atoms with van der Waals surface area (Å²) < 4.78 is 5.49. The monoisotopic (exact) mass is 283 g/mol. The molecule has 0 aromatic rings. The molecule has 0 unspecified atom stereocenters. The van der Waals surface area contributed by atoms with E-state index in [1.165, 1.54) is 12.8 Å². The van der Waals surface area contributed by atoms with Crippen LogP contribution in [0.2, 0.25) is 0 Å². The molecule has 0 bridgehead atoms. The third-order valence-corrected chi connectivity index (χ3v) is 3.87. The van der Waals surface area contributed by atoms with Gasteiger partial charge in [0.2, 0.25) is 0 Å². The molecule has 1 aliphatic carbocycles.